The minimum atomic E-state index is 0.00955. The molecule has 2 aliphatic rings. The summed E-state index contributed by atoms with van der Waals surface area (Å²) in [6, 6.07) is 7.89. The summed E-state index contributed by atoms with van der Waals surface area (Å²) >= 11 is 1.94. The van der Waals surface area contributed by atoms with Gasteiger partial charge in [-0.3, -0.25) is 4.79 Å². The molecule has 3 rings (SSSR count). The number of amides is 1. The van der Waals surface area contributed by atoms with Gasteiger partial charge in [-0.15, -0.1) is 0 Å². The highest BCUT2D eigenvalue weighted by atomic mass is 32.2. The maximum atomic E-state index is 12.3. The summed E-state index contributed by atoms with van der Waals surface area (Å²) in [5.41, 5.74) is 1.88. The average molecular weight is 365 g/mol. The Hall–Kier alpha value is -1.24. The monoisotopic (exact) mass is 364 g/mol. The van der Waals surface area contributed by atoms with E-state index in [4.69, 9.17) is 9.47 Å². The number of anilines is 1. The number of carbonyl (C=O) groups is 1. The Morgan fingerprint density at radius 1 is 1.28 bits per heavy atom. The molecule has 0 radical (unpaired) electrons. The second kappa shape index (κ2) is 9.46. The predicted octanol–water partition coefficient (Wildman–Crippen LogP) is 2.55. The number of nitrogens with zero attached hydrogens (tertiary/aromatic N) is 1. The largest absolute Gasteiger partial charge is 0.381 e. The Labute approximate surface area is 154 Å². The Morgan fingerprint density at radius 3 is 2.72 bits per heavy atom. The maximum Gasteiger partial charge on any atom is 0.251 e. The third-order valence-electron chi connectivity index (χ3n) is 4.88. The van der Waals surface area contributed by atoms with Crippen molar-refractivity contribution in [2.45, 2.75) is 30.6 Å². The Balaban J connectivity index is 1.40. The quantitative estimate of drug-likeness (QED) is 0.754. The minimum Gasteiger partial charge on any atom is -0.381 e. The fraction of sp³-hybridized carbons (Fsp3) is 0.632. The van der Waals surface area contributed by atoms with Crippen molar-refractivity contribution in [3.05, 3.63) is 29.8 Å². The van der Waals surface area contributed by atoms with Crippen LogP contribution in [0.5, 0.6) is 0 Å². The molecule has 0 aliphatic carbocycles. The summed E-state index contributed by atoms with van der Waals surface area (Å²) in [4.78, 5) is 14.6. The highest BCUT2D eigenvalue weighted by molar-refractivity contribution is 7.99. The lowest BCUT2D eigenvalue weighted by Gasteiger charge is -2.21. The second-order valence-electron chi connectivity index (χ2n) is 6.58. The van der Waals surface area contributed by atoms with Crippen LogP contribution in [0.15, 0.2) is 24.3 Å². The lowest BCUT2D eigenvalue weighted by molar-refractivity contribution is 0.0955. The molecule has 6 heteroatoms. The first kappa shape index (κ1) is 18.5. The molecule has 0 spiro atoms. The molecule has 1 aromatic carbocycles. The third kappa shape index (κ3) is 5.36. The summed E-state index contributed by atoms with van der Waals surface area (Å²) in [6.07, 6.45) is 3.63. The number of hydrogen-bond donors (Lipinski definition) is 1. The lowest BCUT2D eigenvalue weighted by Crippen LogP contribution is -2.27. The molecule has 2 saturated heterocycles. The molecule has 2 heterocycles. The highest BCUT2D eigenvalue weighted by Gasteiger charge is 2.22. The Morgan fingerprint density at radius 2 is 2.04 bits per heavy atom. The zero-order chi connectivity index (χ0) is 17.5. The van der Waals surface area contributed by atoms with Gasteiger partial charge in [0, 0.05) is 62.2 Å². The molecule has 5 nitrogen and oxygen atoms in total. The molecule has 1 amide bonds. The number of rotatable bonds is 7. The van der Waals surface area contributed by atoms with Gasteiger partial charge in [-0.05, 0) is 43.5 Å². The standard InChI is InChI=1S/C19H28N2O3S/c1-23-17-6-10-21(14-17)16-4-2-15(3-5-16)19(22)20-9-13-25-18-7-11-24-12-8-18/h2-5,17-18H,6-14H2,1H3,(H,20,22). The van der Waals surface area contributed by atoms with Gasteiger partial charge in [0.25, 0.3) is 5.91 Å². The Bertz CT molecular complexity index is 546. The molecule has 1 aromatic rings. The summed E-state index contributed by atoms with van der Waals surface area (Å²) in [5.74, 6) is 0.969. The molecule has 1 unspecified atom stereocenters. The number of benzene rings is 1. The van der Waals surface area contributed by atoms with Crippen LogP contribution in [0, 0.1) is 0 Å². The number of hydrogen-bond acceptors (Lipinski definition) is 5. The zero-order valence-corrected chi connectivity index (χ0v) is 15.7. The van der Waals surface area contributed by atoms with Gasteiger partial charge < -0.3 is 19.7 Å². The topological polar surface area (TPSA) is 50.8 Å². The van der Waals surface area contributed by atoms with E-state index in [1.54, 1.807) is 7.11 Å². The van der Waals surface area contributed by atoms with Crippen LogP contribution in [0.25, 0.3) is 0 Å². The van der Waals surface area contributed by atoms with Crippen molar-refractivity contribution in [3.8, 4) is 0 Å². The van der Waals surface area contributed by atoms with E-state index in [-0.39, 0.29) is 5.91 Å². The number of nitrogens with one attached hydrogen (secondary N) is 1. The molecule has 0 aromatic heterocycles. The van der Waals surface area contributed by atoms with E-state index in [0.29, 0.717) is 17.9 Å². The normalized spacial score (nSPS) is 21.5. The number of thioether (sulfide) groups is 1. The predicted molar refractivity (Wildman–Crippen MR) is 103 cm³/mol. The van der Waals surface area contributed by atoms with Crippen LogP contribution in [0.2, 0.25) is 0 Å². The van der Waals surface area contributed by atoms with Crippen LogP contribution in [0.4, 0.5) is 5.69 Å². The van der Waals surface area contributed by atoms with Crippen LogP contribution in [0.1, 0.15) is 29.6 Å². The molecule has 2 aliphatic heterocycles. The summed E-state index contributed by atoms with van der Waals surface area (Å²) in [7, 11) is 1.77. The molecule has 1 atom stereocenters. The Kier molecular flexibility index (Phi) is 7.02. The van der Waals surface area contributed by atoms with Crippen molar-refractivity contribution in [1.29, 1.82) is 0 Å². The summed E-state index contributed by atoms with van der Waals surface area (Å²) in [5, 5.41) is 3.70. The highest BCUT2D eigenvalue weighted by Crippen LogP contribution is 2.23. The zero-order valence-electron chi connectivity index (χ0n) is 14.9. The average Bonchev–Trinajstić information content (AvgIpc) is 3.15. The SMILES string of the molecule is COC1CCN(c2ccc(C(=O)NCCSC3CCOCC3)cc2)C1. The second-order valence-corrected chi connectivity index (χ2v) is 7.99. The van der Waals surface area contributed by atoms with Crippen LogP contribution in [-0.2, 0) is 9.47 Å². The van der Waals surface area contributed by atoms with Crippen molar-refractivity contribution in [1.82, 2.24) is 5.32 Å². The first-order valence-corrected chi connectivity index (χ1v) is 10.2. The van der Waals surface area contributed by atoms with Crippen molar-refractivity contribution < 1.29 is 14.3 Å². The van der Waals surface area contributed by atoms with Gasteiger partial charge in [0.15, 0.2) is 0 Å². The smallest absolute Gasteiger partial charge is 0.251 e. The van der Waals surface area contributed by atoms with E-state index >= 15 is 0 Å². The number of carbonyl (C=O) groups excluding carboxylic acids is 1. The fourth-order valence-corrected chi connectivity index (χ4v) is 4.39. The van der Waals surface area contributed by atoms with E-state index < -0.39 is 0 Å². The molecular weight excluding hydrogens is 336 g/mol. The summed E-state index contributed by atoms with van der Waals surface area (Å²) < 4.78 is 10.8. The van der Waals surface area contributed by atoms with Gasteiger partial charge >= 0.3 is 0 Å². The number of methoxy groups -OCH3 is 1. The van der Waals surface area contributed by atoms with Crippen molar-refractivity contribution >= 4 is 23.4 Å². The van der Waals surface area contributed by atoms with E-state index in [1.807, 2.05) is 36.0 Å². The first-order chi connectivity index (χ1) is 12.3. The van der Waals surface area contributed by atoms with E-state index in [2.05, 4.69) is 10.2 Å². The van der Waals surface area contributed by atoms with Crippen LogP contribution in [0.3, 0.4) is 0 Å². The van der Waals surface area contributed by atoms with Crippen molar-refractivity contribution in [2.75, 3.05) is 50.6 Å². The molecule has 25 heavy (non-hydrogen) atoms. The molecular formula is C19H28N2O3S. The van der Waals surface area contributed by atoms with E-state index in [0.717, 1.165) is 62.6 Å². The summed E-state index contributed by atoms with van der Waals surface area (Å²) in [6.45, 7) is 4.39. The van der Waals surface area contributed by atoms with Crippen molar-refractivity contribution in [3.63, 3.8) is 0 Å². The van der Waals surface area contributed by atoms with E-state index in [1.165, 1.54) is 0 Å². The van der Waals surface area contributed by atoms with Crippen LogP contribution in [-0.4, -0.2) is 63.0 Å². The molecule has 1 N–H and O–H groups in total. The first-order valence-electron chi connectivity index (χ1n) is 9.11. The van der Waals surface area contributed by atoms with Gasteiger partial charge in [-0.1, -0.05) is 0 Å². The fourth-order valence-electron chi connectivity index (χ4n) is 3.31. The molecule has 2 fully saturated rings. The van der Waals surface area contributed by atoms with Gasteiger partial charge in [-0.2, -0.15) is 11.8 Å². The minimum absolute atomic E-state index is 0.00955. The molecule has 0 saturated carbocycles. The molecule has 0 bridgehead atoms. The van der Waals surface area contributed by atoms with Gasteiger partial charge in [0.2, 0.25) is 0 Å². The van der Waals surface area contributed by atoms with Crippen LogP contribution < -0.4 is 10.2 Å². The number of ether oxygens (including phenoxy) is 2. The van der Waals surface area contributed by atoms with Gasteiger partial charge in [0.1, 0.15) is 0 Å². The van der Waals surface area contributed by atoms with Crippen molar-refractivity contribution in [2.24, 2.45) is 0 Å². The maximum absolute atomic E-state index is 12.3. The van der Waals surface area contributed by atoms with Gasteiger partial charge in [0.05, 0.1) is 6.10 Å². The third-order valence-corrected chi connectivity index (χ3v) is 6.27. The van der Waals surface area contributed by atoms with Gasteiger partial charge in [-0.25, -0.2) is 0 Å². The van der Waals surface area contributed by atoms with E-state index in [9.17, 15) is 4.79 Å². The van der Waals surface area contributed by atoms with Crippen LogP contribution >= 0.6 is 11.8 Å². The molecule has 138 valence electrons. The lowest BCUT2D eigenvalue weighted by atomic mass is 10.2.